The van der Waals surface area contributed by atoms with Gasteiger partial charge in [0.15, 0.2) is 0 Å². The molecule has 3 N–H and O–H groups in total. The van der Waals surface area contributed by atoms with Gasteiger partial charge >= 0.3 is 12.0 Å². The molecule has 0 aliphatic carbocycles. The van der Waals surface area contributed by atoms with Crippen molar-refractivity contribution < 1.29 is 33.4 Å². The van der Waals surface area contributed by atoms with E-state index < -0.39 is 50.1 Å². The van der Waals surface area contributed by atoms with Crippen LogP contribution in [0.15, 0.2) is 0 Å². The Bertz CT molecular complexity index is 393. The van der Waals surface area contributed by atoms with Crippen LogP contribution in [-0.2, 0) is 9.59 Å². The molecule has 0 radical (unpaired) electrons. The van der Waals surface area contributed by atoms with E-state index in [1.54, 1.807) is 0 Å². The van der Waals surface area contributed by atoms with Gasteiger partial charge in [-0.3, -0.25) is 9.69 Å². The Balaban J connectivity index is 2.87. The Morgan fingerprint density at radius 3 is 2.65 bits per heavy atom. The summed E-state index contributed by atoms with van der Waals surface area (Å²) in [6.07, 6.45) is -2.83. The van der Waals surface area contributed by atoms with Gasteiger partial charge in [-0.25, -0.2) is 18.4 Å². The van der Waals surface area contributed by atoms with Crippen molar-refractivity contribution in [2.75, 3.05) is 32.8 Å². The Kier molecular flexibility index (Phi) is 5.62. The fourth-order valence-corrected chi connectivity index (χ4v) is 1.80. The summed E-state index contributed by atoms with van der Waals surface area (Å²) in [5.41, 5.74) is 0. The number of piperazine rings is 1. The molecule has 0 spiro atoms. The third kappa shape index (κ3) is 4.02. The molecule has 0 aromatic rings. The molecular weight excluding hydrogens is 280 g/mol. The van der Waals surface area contributed by atoms with E-state index in [1.165, 1.54) is 0 Å². The van der Waals surface area contributed by atoms with E-state index in [-0.39, 0.29) is 13.1 Å². The predicted molar refractivity (Wildman–Crippen MR) is 61.2 cm³/mol. The molecule has 0 aromatic carbocycles. The summed E-state index contributed by atoms with van der Waals surface area (Å²) >= 11 is 0. The first-order chi connectivity index (χ1) is 9.36. The molecule has 3 amide bonds. The molecule has 10 heteroatoms. The smallest absolute Gasteiger partial charge is 0.328 e. The van der Waals surface area contributed by atoms with Crippen LogP contribution in [0.2, 0.25) is 0 Å². The van der Waals surface area contributed by atoms with Crippen LogP contribution in [0.25, 0.3) is 0 Å². The number of halogens is 2. The van der Waals surface area contributed by atoms with Crippen LogP contribution in [0, 0.1) is 0 Å². The molecule has 8 nitrogen and oxygen atoms in total. The van der Waals surface area contributed by atoms with Gasteiger partial charge in [0, 0.05) is 13.1 Å². The number of aliphatic hydroxyl groups excluding tert-OH is 1. The molecule has 20 heavy (non-hydrogen) atoms. The summed E-state index contributed by atoms with van der Waals surface area (Å²) < 4.78 is 24.8. The van der Waals surface area contributed by atoms with E-state index in [0.29, 0.717) is 9.80 Å². The third-order valence-corrected chi connectivity index (χ3v) is 2.71. The van der Waals surface area contributed by atoms with Crippen LogP contribution in [0.3, 0.4) is 0 Å². The maximum Gasteiger partial charge on any atom is 0.328 e. The van der Waals surface area contributed by atoms with Gasteiger partial charge in [0.05, 0.1) is 13.2 Å². The zero-order chi connectivity index (χ0) is 15.3. The number of nitrogens with one attached hydrogen (secondary N) is 1. The quantitative estimate of drug-likeness (QED) is 0.575. The summed E-state index contributed by atoms with van der Waals surface area (Å²) in [7, 11) is 0. The van der Waals surface area contributed by atoms with Crippen LogP contribution < -0.4 is 5.32 Å². The van der Waals surface area contributed by atoms with Gasteiger partial charge in [0.1, 0.15) is 12.6 Å². The number of urea groups is 1. The van der Waals surface area contributed by atoms with Crippen molar-refractivity contribution in [3.8, 4) is 0 Å². The lowest BCUT2D eigenvalue weighted by atomic mass is 10.2. The number of amides is 3. The van der Waals surface area contributed by atoms with Crippen molar-refractivity contribution in [1.29, 1.82) is 0 Å². The lowest BCUT2D eigenvalue weighted by Crippen LogP contribution is -2.62. The Morgan fingerprint density at radius 2 is 2.15 bits per heavy atom. The average Bonchev–Trinajstić information content (AvgIpc) is 2.36. The largest absolute Gasteiger partial charge is 0.480 e. The molecule has 0 saturated carbocycles. The zero-order valence-corrected chi connectivity index (χ0v) is 10.5. The molecule has 1 atom stereocenters. The van der Waals surface area contributed by atoms with Crippen molar-refractivity contribution in [2.45, 2.75) is 12.5 Å². The van der Waals surface area contributed by atoms with Crippen molar-refractivity contribution in [1.82, 2.24) is 15.1 Å². The fourth-order valence-electron chi connectivity index (χ4n) is 1.80. The number of aliphatic carboxylic acids is 1. The second-order valence-corrected chi connectivity index (χ2v) is 4.13. The minimum absolute atomic E-state index is 0.290. The third-order valence-electron chi connectivity index (χ3n) is 2.71. The molecule has 1 aliphatic rings. The second-order valence-electron chi connectivity index (χ2n) is 4.13. The molecule has 1 unspecified atom stereocenters. The number of carboxylic acids is 1. The molecule has 1 heterocycles. The molecule has 1 saturated heterocycles. The summed E-state index contributed by atoms with van der Waals surface area (Å²) in [6, 6.07) is -2.33. The summed E-state index contributed by atoms with van der Waals surface area (Å²) in [6.45, 7) is -2.67. The van der Waals surface area contributed by atoms with Crippen molar-refractivity contribution >= 4 is 17.9 Å². The second kappa shape index (κ2) is 6.98. The highest BCUT2D eigenvalue weighted by atomic mass is 19.3. The van der Waals surface area contributed by atoms with Gasteiger partial charge in [0.25, 0.3) is 6.43 Å². The van der Waals surface area contributed by atoms with E-state index in [2.05, 4.69) is 5.32 Å². The molecule has 114 valence electrons. The SMILES string of the molecule is O=C1CN(C(=O)N(CCO)CC(F)F)C(C(=O)O)CN1. The highest BCUT2D eigenvalue weighted by molar-refractivity contribution is 5.90. The van der Waals surface area contributed by atoms with Crippen LogP contribution in [0.4, 0.5) is 13.6 Å². The average molecular weight is 295 g/mol. The zero-order valence-electron chi connectivity index (χ0n) is 10.5. The van der Waals surface area contributed by atoms with E-state index >= 15 is 0 Å². The number of carboxylic acid groups (broad SMARTS) is 1. The van der Waals surface area contributed by atoms with Gasteiger partial charge in [-0.05, 0) is 0 Å². The standard InChI is InChI=1S/C10H15F2N3O5/c11-7(12)4-14(1-2-16)10(20)15-5-8(17)13-3-6(15)9(18)19/h6-7,16H,1-5H2,(H,13,17)(H,18,19). The molecule has 1 aliphatic heterocycles. The first-order valence-electron chi connectivity index (χ1n) is 5.81. The Labute approximate surface area is 112 Å². The highest BCUT2D eigenvalue weighted by Crippen LogP contribution is 2.10. The number of alkyl halides is 2. The van der Waals surface area contributed by atoms with Crippen LogP contribution >= 0.6 is 0 Å². The number of carbonyl (C=O) groups excluding carboxylic acids is 2. The van der Waals surface area contributed by atoms with Gasteiger partial charge in [-0.15, -0.1) is 0 Å². The Hall–Kier alpha value is -1.97. The van der Waals surface area contributed by atoms with E-state index in [1.807, 2.05) is 0 Å². The monoisotopic (exact) mass is 295 g/mol. The first-order valence-corrected chi connectivity index (χ1v) is 5.81. The van der Waals surface area contributed by atoms with Crippen molar-refractivity contribution in [2.24, 2.45) is 0 Å². The summed E-state index contributed by atoms with van der Waals surface area (Å²) in [5.74, 6) is -1.92. The van der Waals surface area contributed by atoms with Gasteiger partial charge in [0.2, 0.25) is 5.91 Å². The normalized spacial score (nSPS) is 18.9. The number of hydrogen-bond acceptors (Lipinski definition) is 4. The van der Waals surface area contributed by atoms with Crippen molar-refractivity contribution in [3.63, 3.8) is 0 Å². The molecule has 1 rings (SSSR count). The predicted octanol–water partition coefficient (Wildman–Crippen LogP) is -1.45. The fraction of sp³-hybridized carbons (Fsp3) is 0.700. The lowest BCUT2D eigenvalue weighted by Gasteiger charge is -2.36. The van der Waals surface area contributed by atoms with E-state index in [4.69, 9.17) is 10.2 Å². The van der Waals surface area contributed by atoms with Crippen LogP contribution in [-0.4, -0.2) is 83.2 Å². The van der Waals surface area contributed by atoms with Crippen LogP contribution in [0.1, 0.15) is 0 Å². The molecule has 1 fully saturated rings. The summed E-state index contributed by atoms with van der Waals surface area (Å²) in [5, 5.41) is 20.0. The molecule has 0 aromatic heterocycles. The topological polar surface area (TPSA) is 110 Å². The summed E-state index contributed by atoms with van der Waals surface area (Å²) in [4.78, 5) is 35.6. The maximum absolute atomic E-state index is 12.4. The van der Waals surface area contributed by atoms with E-state index in [9.17, 15) is 23.2 Å². The van der Waals surface area contributed by atoms with Gasteiger partial charge < -0.3 is 20.4 Å². The highest BCUT2D eigenvalue weighted by Gasteiger charge is 2.37. The van der Waals surface area contributed by atoms with Gasteiger partial charge in [-0.2, -0.15) is 0 Å². The number of carbonyl (C=O) groups is 3. The van der Waals surface area contributed by atoms with Crippen LogP contribution in [0.5, 0.6) is 0 Å². The molecular formula is C10H15F2N3O5. The lowest BCUT2D eigenvalue weighted by molar-refractivity contribution is -0.144. The first kappa shape index (κ1) is 16.1. The Morgan fingerprint density at radius 1 is 1.50 bits per heavy atom. The van der Waals surface area contributed by atoms with E-state index in [0.717, 1.165) is 0 Å². The number of rotatable bonds is 5. The number of nitrogens with zero attached hydrogens (tertiary/aromatic N) is 2. The van der Waals surface area contributed by atoms with Gasteiger partial charge in [-0.1, -0.05) is 0 Å². The minimum Gasteiger partial charge on any atom is -0.480 e. The number of aliphatic hydroxyl groups is 1. The molecule has 0 bridgehead atoms. The minimum atomic E-state index is -2.83. The maximum atomic E-state index is 12.4. The number of hydrogen-bond donors (Lipinski definition) is 3. The van der Waals surface area contributed by atoms with Crippen molar-refractivity contribution in [3.05, 3.63) is 0 Å².